The summed E-state index contributed by atoms with van der Waals surface area (Å²) in [6.45, 7) is 20.7. The predicted molar refractivity (Wildman–Crippen MR) is 141 cm³/mol. The molecule has 0 unspecified atom stereocenters. The van der Waals surface area contributed by atoms with Gasteiger partial charge in [-0.3, -0.25) is 9.89 Å². The van der Waals surface area contributed by atoms with E-state index >= 15 is 0 Å². The van der Waals surface area contributed by atoms with Crippen LogP contribution < -0.4 is 15.8 Å². The summed E-state index contributed by atoms with van der Waals surface area (Å²) < 4.78 is 1.60. The smallest absolute Gasteiger partial charge is 0.276 e. The molecule has 2 N–H and O–H groups in total. The van der Waals surface area contributed by atoms with Crippen molar-refractivity contribution < 1.29 is 0 Å². The van der Waals surface area contributed by atoms with Crippen molar-refractivity contribution in [1.82, 2.24) is 14.6 Å². The third-order valence-corrected chi connectivity index (χ3v) is 6.39. The van der Waals surface area contributed by atoms with Crippen LogP contribution in [0.1, 0.15) is 89.7 Å². The number of allylic oxidation sites excluding steroid dienone is 2. The molecule has 178 valence electrons. The van der Waals surface area contributed by atoms with Crippen molar-refractivity contribution in [2.75, 3.05) is 23.3 Å². The number of nitrogens with zero attached hydrogens (tertiary/aromatic N) is 3. The number of aromatic nitrogens is 3. The molecule has 3 aromatic rings. The van der Waals surface area contributed by atoms with Gasteiger partial charge in [-0.1, -0.05) is 33.8 Å². The fourth-order valence-electron chi connectivity index (χ4n) is 4.34. The number of anilines is 3. The Morgan fingerprint density at radius 1 is 1.18 bits per heavy atom. The lowest BCUT2D eigenvalue weighted by atomic mass is 9.96. The van der Waals surface area contributed by atoms with Crippen molar-refractivity contribution in [2.24, 2.45) is 0 Å². The summed E-state index contributed by atoms with van der Waals surface area (Å²) in [5.74, 6) is 0.254. The number of aromatic amines is 1. The van der Waals surface area contributed by atoms with Crippen molar-refractivity contribution in [3.63, 3.8) is 0 Å². The Hall–Kier alpha value is -3.02. The molecule has 6 nitrogen and oxygen atoms in total. The van der Waals surface area contributed by atoms with Crippen LogP contribution in [0.15, 0.2) is 29.1 Å². The minimum atomic E-state index is -0.0227. The monoisotopic (exact) mass is 449 g/mol. The average Bonchev–Trinajstić information content (AvgIpc) is 3.14. The SMILES string of the molecule is C/C=C(\C)c1[nH]n2c(=O)c(C(C)C)c(C(C)C)nc2c1Nc1ccc(N(CC)CC)cc1C. The van der Waals surface area contributed by atoms with Crippen LogP contribution in [0.5, 0.6) is 0 Å². The average molecular weight is 450 g/mol. The zero-order chi connectivity index (χ0) is 24.4. The normalized spacial score (nSPS) is 12.3. The van der Waals surface area contributed by atoms with Crippen molar-refractivity contribution >= 4 is 28.3 Å². The van der Waals surface area contributed by atoms with Gasteiger partial charge in [-0.05, 0) is 75.8 Å². The van der Waals surface area contributed by atoms with Gasteiger partial charge < -0.3 is 10.2 Å². The Kier molecular flexibility index (Phi) is 7.35. The second kappa shape index (κ2) is 9.86. The third kappa shape index (κ3) is 4.56. The van der Waals surface area contributed by atoms with Crippen LogP contribution in [0.2, 0.25) is 0 Å². The van der Waals surface area contributed by atoms with Crippen LogP contribution in [0.3, 0.4) is 0 Å². The maximum atomic E-state index is 13.5. The van der Waals surface area contributed by atoms with Gasteiger partial charge in [0.25, 0.3) is 5.56 Å². The van der Waals surface area contributed by atoms with E-state index in [1.54, 1.807) is 4.52 Å². The van der Waals surface area contributed by atoms with E-state index in [2.05, 4.69) is 82.0 Å². The molecule has 0 aliphatic carbocycles. The number of fused-ring (bicyclic) bond motifs is 1. The zero-order valence-corrected chi connectivity index (χ0v) is 21.6. The summed E-state index contributed by atoms with van der Waals surface area (Å²) in [5.41, 5.74) is 8.39. The Morgan fingerprint density at radius 2 is 1.85 bits per heavy atom. The second-order valence-electron chi connectivity index (χ2n) is 9.31. The summed E-state index contributed by atoms with van der Waals surface area (Å²) in [7, 11) is 0. The number of nitrogens with one attached hydrogen (secondary N) is 2. The predicted octanol–water partition coefficient (Wildman–Crippen LogP) is 6.59. The lowest BCUT2D eigenvalue weighted by Crippen LogP contribution is -2.24. The minimum absolute atomic E-state index is 0.0227. The Morgan fingerprint density at radius 3 is 2.36 bits per heavy atom. The highest BCUT2D eigenvalue weighted by atomic mass is 16.1. The van der Waals surface area contributed by atoms with E-state index in [1.807, 2.05) is 19.9 Å². The van der Waals surface area contributed by atoms with Crippen LogP contribution in [0.4, 0.5) is 17.1 Å². The molecule has 3 rings (SSSR count). The van der Waals surface area contributed by atoms with Gasteiger partial charge in [-0.2, -0.15) is 4.52 Å². The van der Waals surface area contributed by atoms with Crippen LogP contribution in [0, 0.1) is 6.92 Å². The van der Waals surface area contributed by atoms with Gasteiger partial charge in [0.15, 0.2) is 5.65 Å². The molecule has 1 aromatic carbocycles. The molecule has 0 amide bonds. The van der Waals surface area contributed by atoms with Gasteiger partial charge in [-0.15, -0.1) is 0 Å². The molecule has 0 atom stereocenters. The van der Waals surface area contributed by atoms with Crippen LogP contribution in [0.25, 0.3) is 11.2 Å². The van der Waals surface area contributed by atoms with Gasteiger partial charge in [0.2, 0.25) is 0 Å². The van der Waals surface area contributed by atoms with Crippen LogP contribution >= 0.6 is 0 Å². The highest BCUT2D eigenvalue weighted by molar-refractivity contribution is 5.86. The molecule has 2 heterocycles. The largest absolute Gasteiger partial charge is 0.372 e. The molecular formula is C27H39N5O. The number of benzene rings is 1. The van der Waals surface area contributed by atoms with E-state index in [0.29, 0.717) is 5.65 Å². The van der Waals surface area contributed by atoms with E-state index in [4.69, 9.17) is 4.98 Å². The fraction of sp³-hybridized carbons (Fsp3) is 0.481. The number of hydrogen-bond donors (Lipinski definition) is 2. The molecule has 0 saturated carbocycles. The molecule has 0 bridgehead atoms. The molecular weight excluding hydrogens is 410 g/mol. The van der Waals surface area contributed by atoms with E-state index in [-0.39, 0.29) is 17.4 Å². The summed E-state index contributed by atoms with van der Waals surface area (Å²) in [6, 6.07) is 6.48. The highest BCUT2D eigenvalue weighted by Crippen LogP contribution is 2.33. The first-order valence-electron chi connectivity index (χ1n) is 12.1. The summed E-state index contributed by atoms with van der Waals surface area (Å²) in [4.78, 5) is 20.9. The fourth-order valence-corrected chi connectivity index (χ4v) is 4.34. The molecule has 0 spiro atoms. The lowest BCUT2D eigenvalue weighted by Gasteiger charge is -2.22. The zero-order valence-electron chi connectivity index (χ0n) is 21.6. The molecule has 0 aliphatic heterocycles. The topological polar surface area (TPSA) is 65.4 Å². The first-order valence-corrected chi connectivity index (χ1v) is 12.1. The molecule has 2 aromatic heterocycles. The Bertz CT molecular complexity index is 1230. The van der Waals surface area contributed by atoms with E-state index in [9.17, 15) is 4.79 Å². The summed E-state index contributed by atoms with van der Waals surface area (Å²) in [5, 5.41) is 6.95. The lowest BCUT2D eigenvalue weighted by molar-refractivity contribution is 0.721. The van der Waals surface area contributed by atoms with Crippen LogP contribution in [-0.2, 0) is 0 Å². The van der Waals surface area contributed by atoms with Gasteiger partial charge in [0.05, 0.1) is 11.4 Å². The Labute approximate surface area is 197 Å². The van der Waals surface area contributed by atoms with Gasteiger partial charge in [-0.25, -0.2) is 4.98 Å². The molecule has 6 heteroatoms. The van der Waals surface area contributed by atoms with Gasteiger partial charge >= 0.3 is 0 Å². The number of H-pyrrole nitrogens is 1. The molecule has 0 saturated heterocycles. The second-order valence-corrected chi connectivity index (χ2v) is 9.31. The number of hydrogen-bond acceptors (Lipinski definition) is 4. The summed E-state index contributed by atoms with van der Waals surface area (Å²) in [6.07, 6.45) is 2.05. The standard InChI is InChI=1S/C27H39N5O/c1-10-18(8)24-25(28-21-14-13-20(15-19(21)9)31(11-2)12-3)26-29-23(17(6)7)22(16(4)5)27(33)32(26)30-24/h10,13-17,28,30H,11-12H2,1-9H3/b18-10+. The van der Waals surface area contributed by atoms with Crippen molar-refractivity contribution in [1.29, 1.82) is 0 Å². The first kappa shape index (κ1) is 24.6. The third-order valence-electron chi connectivity index (χ3n) is 6.39. The minimum Gasteiger partial charge on any atom is -0.372 e. The number of rotatable bonds is 8. The summed E-state index contributed by atoms with van der Waals surface area (Å²) >= 11 is 0. The highest BCUT2D eigenvalue weighted by Gasteiger charge is 2.23. The molecule has 33 heavy (non-hydrogen) atoms. The van der Waals surface area contributed by atoms with Gasteiger partial charge in [0.1, 0.15) is 5.69 Å². The van der Waals surface area contributed by atoms with E-state index in [1.165, 1.54) is 5.69 Å². The maximum absolute atomic E-state index is 13.5. The molecule has 0 aliphatic rings. The molecule has 0 radical (unpaired) electrons. The first-order chi connectivity index (χ1) is 15.6. The van der Waals surface area contributed by atoms with Gasteiger partial charge in [0, 0.05) is 30.0 Å². The maximum Gasteiger partial charge on any atom is 0.276 e. The van der Waals surface area contributed by atoms with Crippen molar-refractivity contribution in [3.8, 4) is 0 Å². The van der Waals surface area contributed by atoms with E-state index < -0.39 is 0 Å². The van der Waals surface area contributed by atoms with Crippen LogP contribution in [-0.4, -0.2) is 27.7 Å². The molecule has 0 fully saturated rings. The van der Waals surface area contributed by atoms with Crippen molar-refractivity contribution in [3.05, 3.63) is 57.1 Å². The quantitative estimate of drug-likeness (QED) is 0.407. The number of aryl methyl sites for hydroxylation is 1. The van der Waals surface area contributed by atoms with Crippen molar-refractivity contribution in [2.45, 2.75) is 74.1 Å². The Balaban J connectivity index is 2.24. The van der Waals surface area contributed by atoms with E-state index in [0.717, 1.165) is 52.6 Å².